The van der Waals surface area contributed by atoms with Crippen molar-refractivity contribution in [1.29, 1.82) is 0 Å². The van der Waals surface area contributed by atoms with Gasteiger partial charge >= 0.3 is 0 Å². The standard InChI is InChI=1S/C8H9O3S/c1-11-7-5-3-4-6-8(7)12(2,9)10/h3,5-6H,1-2H3. The molecule has 0 N–H and O–H groups in total. The van der Waals surface area contributed by atoms with Crippen LogP contribution in [0, 0.1) is 6.07 Å². The molecule has 0 atom stereocenters. The summed E-state index contributed by atoms with van der Waals surface area (Å²) in [6.45, 7) is 0. The fraction of sp³-hybridized carbons (Fsp3) is 0.250. The normalized spacial score (nSPS) is 11.2. The summed E-state index contributed by atoms with van der Waals surface area (Å²) in [6, 6.07) is 7.25. The van der Waals surface area contributed by atoms with Gasteiger partial charge < -0.3 is 4.74 Å². The maximum absolute atomic E-state index is 11.1. The molecule has 12 heavy (non-hydrogen) atoms. The topological polar surface area (TPSA) is 43.4 Å². The molecule has 0 aliphatic heterocycles. The van der Waals surface area contributed by atoms with Crippen LogP contribution in [0.4, 0.5) is 0 Å². The molecule has 0 bridgehead atoms. The second-order valence-electron chi connectivity index (χ2n) is 2.35. The average Bonchev–Trinajstić information content (AvgIpc) is 2.03. The minimum atomic E-state index is -3.20. The Morgan fingerprint density at radius 3 is 2.58 bits per heavy atom. The summed E-state index contributed by atoms with van der Waals surface area (Å²) in [5, 5.41) is 0. The number of rotatable bonds is 2. The number of sulfone groups is 1. The van der Waals surface area contributed by atoms with E-state index in [1.807, 2.05) is 0 Å². The first-order valence-corrected chi connectivity index (χ1v) is 5.19. The largest absolute Gasteiger partial charge is 0.495 e. The van der Waals surface area contributed by atoms with Crippen LogP contribution in [0.15, 0.2) is 23.1 Å². The van der Waals surface area contributed by atoms with Crippen LogP contribution in [0.2, 0.25) is 0 Å². The lowest BCUT2D eigenvalue weighted by Crippen LogP contribution is -1.99. The van der Waals surface area contributed by atoms with Gasteiger partial charge in [0.05, 0.1) is 7.11 Å². The van der Waals surface area contributed by atoms with Crippen molar-refractivity contribution in [2.75, 3.05) is 13.4 Å². The van der Waals surface area contributed by atoms with Crippen molar-refractivity contribution in [3.05, 3.63) is 24.3 Å². The molecule has 65 valence electrons. The van der Waals surface area contributed by atoms with E-state index in [4.69, 9.17) is 4.74 Å². The third-order valence-electron chi connectivity index (χ3n) is 1.41. The smallest absolute Gasteiger partial charge is 0.179 e. The Hall–Kier alpha value is -1.03. The highest BCUT2D eigenvalue weighted by Crippen LogP contribution is 2.21. The van der Waals surface area contributed by atoms with Crippen molar-refractivity contribution in [3.8, 4) is 5.75 Å². The summed E-state index contributed by atoms with van der Waals surface area (Å²) in [6.07, 6.45) is 1.14. The first-order valence-electron chi connectivity index (χ1n) is 3.30. The molecule has 0 saturated carbocycles. The number of hydrogen-bond donors (Lipinski definition) is 0. The van der Waals surface area contributed by atoms with E-state index in [1.165, 1.54) is 13.2 Å². The molecule has 1 radical (unpaired) electrons. The molecule has 0 aromatic heterocycles. The van der Waals surface area contributed by atoms with Crippen LogP contribution in [0.1, 0.15) is 0 Å². The van der Waals surface area contributed by atoms with Crippen molar-refractivity contribution in [2.45, 2.75) is 4.90 Å². The summed E-state index contributed by atoms with van der Waals surface area (Å²) in [5.74, 6) is 0.358. The molecule has 0 heterocycles. The second kappa shape index (κ2) is 3.15. The molecule has 0 spiro atoms. The molecule has 4 heteroatoms. The Kier molecular flexibility index (Phi) is 2.38. The lowest BCUT2D eigenvalue weighted by molar-refractivity contribution is 0.403. The molecule has 1 rings (SSSR count). The zero-order valence-electron chi connectivity index (χ0n) is 6.87. The third-order valence-corrected chi connectivity index (χ3v) is 2.53. The van der Waals surface area contributed by atoms with Crippen molar-refractivity contribution in [1.82, 2.24) is 0 Å². The number of methoxy groups -OCH3 is 1. The molecule has 0 aliphatic rings. The molecular formula is C8H9O3S. The number of benzene rings is 1. The van der Waals surface area contributed by atoms with E-state index in [2.05, 4.69) is 6.07 Å². The van der Waals surface area contributed by atoms with Crippen LogP contribution in [-0.2, 0) is 9.84 Å². The molecule has 0 amide bonds. The van der Waals surface area contributed by atoms with Crippen LogP contribution < -0.4 is 4.74 Å². The van der Waals surface area contributed by atoms with E-state index in [-0.39, 0.29) is 4.90 Å². The van der Waals surface area contributed by atoms with Crippen LogP contribution in [0.5, 0.6) is 5.75 Å². The predicted molar refractivity (Wildman–Crippen MR) is 44.9 cm³/mol. The van der Waals surface area contributed by atoms with E-state index in [9.17, 15) is 8.42 Å². The van der Waals surface area contributed by atoms with Crippen LogP contribution in [0.3, 0.4) is 0 Å². The maximum atomic E-state index is 11.1. The summed E-state index contributed by atoms with van der Waals surface area (Å²) in [7, 11) is -1.77. The average molecular weight is 185 g/mol. The van der Waals surface area contributed by atoms with Crippen molar-refractivity contribution >= 4 is 9.84 Å². The highest BCUT2D eigenvalue weighted by atomic mass is 32.2. The Balaban J connectivity index is 3.33. The predicted octanol–water partition coefficient (Wildman–Crippen LogP) is 0.899. The van der Waals surface area contributed by atoms with E-state index >= 15 is 0 Å². The molecule has 0 saturated heterocycles. The van der Waals surface area contributed by atoms with Gasteiger partial charge in [0.15, 0.2) is 9.84 Å². The second-order valence-corrected chi connectivity index (χ2v) is 4.33. The van der Waals surface area contributed by atoms with Gasteiger partial charge in [0.2, 0.25) is 0 Å². The van der Waals surface area contributed by atoms with Gasteiger partial charge in [0, 0.05) is 6.26 Å². The van der Waals surface area contributed by atoms with Gasteiger partial charge in [-0.05, 0) is 18.2 Å². The summed E-state index contributed by atoms with van der Waals surface area (Å²) in [5.41, 5.74) is 0. The van der Waals surface area contributed by atoms with Crippen molar-refractivity contribution in [2.24, 2.45) is 0 Å². The van der Waals surface area contributed by atoms with Crippen LogP contribution in [0.25, 0.3) is 0 Å². The zero-order chi connectivity index (χ0) is 9.19. The Morgan fingerprint density at radius 2 is 2.17 bits per heavy atom. The molecule has 1 aromatic rings. The number of hydrogen-bond acceptors (Lipinski definition) is 3. The van der Waals surface area contributed by atoms with Gasteiger partial charge in [0.25, 0.3) is 0 Å². The Morgan fingerprint density at radius 1 is 1.50 bits per heavy atom. The fourth-order valence-corrected chi connectivity index (χ4v) is 1.66. The highest BCUT2D eigenvalue weighted by molar-refractivity contribution is 7.90. The molecular weight excluding hydrogens is 176 g/mol. The first-order chi connectivity index (χ1) is 5.55. The van der Waals surface area contributed by atoms with Crippen molar-refractivity contribution in [3.63, 3.8) is 0 Å². The summed E-state index contributed by atoms with van der Waals surface area (Å²) in [4.78, 5) is 0.174. The third kappa shape index (κ3) is 1.76. The first kappa shape index (κ1) is 9.06. The monoisotopic (exact) mass is 185 g/mol. The lowest BCUT2D eigenvalue weighted by atomic mass is 10.3. The van der Waals surface area contributed by atoms with E-state index < -0.39 is 9.84 Å². The summed E-state index contributed by atoms with van der Waals surface area (Å²) >= 11 is 0. The molecule has 3 nitrogen and oxygen atoms in total. The van der Waals surface area contributed by atoms with Gasteiger partial charge in [-0.3, -0.25) is 0 Å². The van der Waals surface area contributed by atoms with Gasteiger partial charge in [-0.15, -0.1) is 0 Å². The van der Waals surface area contributed by atoms with Crippen LogP contribution in [-0.4, -0.2) is 21.8 Å². The minimum Gasteiger partial charge on any atom is -0.495 e. The van der Waals surface area contributed by atoms with E-state index in [0.717, 1.165) is 6.26 Å². The van der Waals surface area contributed by atoms with Gasteiger partial charge in [-0.1, -0.05) is 6.07 Å². The van der Waals surface area contributed by atoms with Gasteiger partial charge in [-0.25, -0.2) is 8.42 Å². The van der Waals surface area contributed by atoms with E-state index in [0.29, 0.717) is 5.75 Å². The SMILES string of the molecule is COc1cc[c]cc1S(C)(=O)=O. The zero-order valence-corrected chi connectivity index (χ0v) is 7.68. The maximum Gasteiger partial charge on any atom is 0.179 e. The molecule has 1 aromatic carbocycles. The lowest BCUT2D eigenvalue weighted by Gasteiger charge is -2.04. The molecule has 0 aliphatic carbocycles. The van der Waals surface area contributed by atoms with Crippen LogP contribution >= 0.6 is 0 Å². The fourth-order valence-electron chi connectivity index (χ4n) is 0.859. The van der Waals surface area contributed by atoms with Gasteiger partial charge in [0.1, 0.15) is 10.6 Å². The minimum absolute atomic E-state index is 0.174. The number of ether oxygens (including phenoxy) is 1. The Bertz CT molecular complexity index is 368. The quantitative estimate of drug-likeness (QED) is 0.687. The highest BCUT2D eigenvalue weighted by Gasteiger charge is 2.12. The van der Waals surface area contributed by atoms with Crippen molar-refractivity contribution < 1.29 is 13.2 Å². The Labute approximate surface area is 71.9 Å². The van der Waals surface area contributed by atoms with Gasteiger partial charge in [-0.2, -0.15) is 0 Å². The molecule has 0 fully saturated rings. The summed E-state index contributed by atoms with van der Waals surface area (Å²) < 4.78 is 27.1. The van der Waals surface area contributed by atoms with E-state index in [1.54, 1.807) is 12.1 Å². The molecule has 0 unspecified atom stereocenters.